The molecule has 3 aromatic rings. The Morgan fingerprint density at radius 2 is 1.80 bits per heavy atom. The van der Waals surface area contributed by atoms with Gasteiger partial charge in [-0.25, -0.2) is 4.79 Å². The van der Waals surface area contributed by atoms with Gasteiger partial charge < -0.3 is 14.5 Å². The standard InChI is InChI=1S/C17H10F3NO4/c18-17(19,20)25-12-6-3-5-11(9-12)21-15(22)13-8-10-4-1-2-7-14(10)24-16(13)23/h1-9H,(H,21,22). The normalized spacial score (nSPS) is 11.3. The molecule has 0 spiro atoms. The zero-order valence-electron chi connectivity index (χ0n) is 12.5. The van der Waals surface area contributed by atoms with Crippen molar-refractivity contribution in [2.24, 2.45) is 0 Å². The highest BCUT2D eigenvalue weighted by Crippen LogP contribution is 2.25. The van der Waals surface area contributed by atoms with Gasteiger partial charge in [-0.1, -0.05) is 24.3 Å². The van der Waals surface area contributed by atoms with E-state index in [1.165, 1.54) is 18.2 Å². The van der Waals surface area contributed by atoms with Crippen LogP contribution in [0.25, 0.3) is 11.0 Å². The van der Waals surface area contributed by atoms with E-state index >= 15 is 0 Å². The SMILES string of the molecule is O=C(Nc1cccc(OC(F)(F)F)c1)c1cc2ccccc2oc1=O. The number of halogens is 3. The van der Waals surface area contributed by atoms with Crippen molar-refractivity contribution < 1.29 is 27.1 Å². The van der Waals surface area contributed by atoms with Gasteiger partial charge in [0.05, 0.1) is 0 Å². The topological polar surface area (TPSA) is 68.5 Å². The molecule has 1 aromatic heterocycles. The zero-order valence-corrected chi connectivity index (χ0v) is 12.5. The van der Waals surface area contributed by atoms with Crippen LogP contribution >= 0.6 is 0 Å². The summed E-state index contributed by atoms with van der Waals surface area (Å²) in [6.45, 7) is 0. The highest BCUT2D eigenvalue weighted by molar-refractivity contribution is 6.05. The predicted molar refractivity (Wildman–Crippen MR) is 83.6 cm³/mol. The Bertz CT molecular complexity index is 995. The molecule has 8 heteroatoms. The number of hydrogen-bond donors (Lipinski definition) is 1. The van der Waals surface area contributed by atoms with E-state index in [9.17, 15) is 22.8 Å². The van der Waals surface area contributed by atoms with Crippen molar-refractivity contribution in [1.29, 1.82) is 0 Å². The van der Waals surface area contributed by atoms with Crippen LogP contribution in [0.5, 0.6) is 5.75 Å². The van der Waals surface area contributed by atoms with Gasteiger partial charge in [-0.15, -0.1) is 13.2 Å². The number of rotatable bonds is 3. The molecule has 128 valence electrons. The molecule has 25 heavy (non-hydrogen) atoms. The molecule has 3 rings (SSSR count). The van der Waals surface area contributed by atoms with Gasteiger partial charge in [-0.3, -0.25) is 4.79 Å². The lowest BCUT2D eigenvalue weighted by Crippen LogP contribution is -2.21. The minimum atomic E-state index is -4.85. The van der Waals surface area contributed by atoms with E-state index < -0.39 is 23.6 Å². The number of fused-ring (bicyclic) bond motifs is 1. The Hall–Kier alpha value is -3.29. The summed E-state index contributed by atoms with van der Waals surface area (Å²) in [7, 11) is 0. The first-order chi connectivity index (χ1) is 11.8. The van der Waals surface area contributed by atoms with Gasteiger partial charge in [-0.05, 0) is 24.3 Å². The minimum Gasteiger partial charge on any atom is -0.422 e. The maximum atomic E-state index is 12.2. The van der Waals surface area contributed by atoms with Crippen molar-refractivity contribution in [3.8, 4) is 5.75 Å². The van der Waals surface area contributed by atoms with Crippen molar-refractivity contribution in [2.75, 3.05) is 5.32 Å². The van der Waals surface area contributed by atoms with Gasteiger partial charge in [0.1, 0.15) is 16.9 Å². The lowest BCUT2D eigenvalue weighted by Gasteiger charge is -2.10. The molecular formula is C17H10F3NO4. The van der Waals surface area contributed by atoms with E-state index in [0.29, 0.717) is 11.0 Å². The smallest absolute Gasteiger partial charge is 0.422 e. The maximum Gasteiger partial charge on any atom is 0.573 e. The quantitative estimate of drug-likeness (QED) is 0.727. The van der Waals surface area contributed by atoms with Crippen LogP contribution in [0.4, 0.5) is 18.9 Å². The number of para-hydroxylation sites is 1. The number of alkyl halides is 3. The van der Waals surface area contributed by atoms with Crippen LogP contribution in [-0.2, 0) is 0 Å². The molecule has 1 amide bonds. The molecule has 0 atom stereocenters. The zero-order chi connectivity index (χ0) is 18.0. The fourth-order valence-corrected chi connectivity index (χ4v) is 2.19. The van der Waals surface area contributed by atoms with Gasteiger partial charge in [0.25, 0.3) is 5.91 Å². The molecule has 1 N–H and O–H groups in total. The molecule has 0 saturated carbocycles. The van der Waals surface area contributed by atoms with Crippen LogP contribution in [0.15, 0.2) is 63.8 Å². The lowest BCUT2D eigenvalue weighted by molar-refractivity contribution is -0.274. The van der Waals surface area contributed by atoms with E-state index in [1.54, 1.807) is 24.3 Å². The average Bonchev–Trinajstić information content (AvgIpc) is 2.52. The summed E-state index contributed by atoms with van der Waals surface area (Å²) in [5, 5.41) is 2.89. The summed E-state index contributed by atoms with van der Waals surface area (Å²) in [6.07, 6.45) is -4.85. The second-order valence-corrected chi connectivity index (χ2v) is 5.02. The number of hydrogen-bond acceptors (Lipinski definition) is 4. The molecule has 0 fully saturated rings. The van der Waals surface area contributed by atoms with Gasteiger partial charge in [0.15, 0.2) is 0 Å². The van der Waals surface area contributed by atoms with E-state index in [2.05, 4.69) is 10.1 Å². The number of carbonyl (C=O) groups excluding carboxylic acids is 1. The third-order valence-corrected chi connectivity index (χ3v) is 3.21. The van der Waals surface area contributed by atoms with Crippen LogP contribution in [0.3, 0.4) is 0 Å². The number of anilines is 1. The van der Waals surface area contributed by atoms with Crippen LogP contribution in [-0.4, -0.2) is 12.3 Å². The summed E-state index contributed by atoms with van der Waals surface area (Å²) < 4.78 is 45.5. The summed E-state index contributed by atoms with van der Waals surface area (Å²) >= 11 is 0. The molecule has 0 saturated heterocycles. The second kappa shape index (κ2) is 6.31. The fourth-order valence-electron chi connectivity index (χ4n) is 2.19. The Morgan fingerprint density at radius 1 is 1.04 bits per heavy atom. The largest absolute Gasteiger partial charge is 0.573 e. The molecule has 0 aliphatic rings. The van der Waals surface area contributed by atoms with Crippen molar-refractivity contribution in [1.82, 2.24) is 0 Å². The molecular weight excluding hydrogens is 339 g/mol. The van der Waals surface area contributed by atoms with Gasteiger partial charge >= 0.3 is 12.0 Å². The number of benzene rings is 2. The number of carbonyl (C=O) groups is 1. The molecule has 0 radical (unpaired) electrons. The Balaban J connectivity index is 1.86. The first kappa shape index (κ1) is 16.6. The Labute approximate surface area is 138 Å². The Kier molecular flexibility index (Phi) is 4.18. The summed E-state index contributed by atoms with van der Waals surface area (Å²) in [5.74, 6) is -1.29. The molecule has 0 aliphatic heterocycles. The number of nitrogens with one attached hydrogen (secondary N) is 1. The first-order valence-electron chi connectivity index (χ1n) is 7.02. The second-order valence-electron chi connectivity index (χ2n) is 5.02. The van der Waals surface area contributed by atoms with Crippen LogP contribution < -0.4 is 15.7 Å². The van der Waals surface area contributed by atoms with Crippen molar-refractivity contribution in [2.45, 2.75) is 6.36 Å². The van der Waals surface area contributed by atoms with Gasteiger partial charge in [0, 0.05) is 17.1 Å². The molecule has 1 heterocycles. The summed E-state index contributed by atoms with van der Waals surface area (Å²) in [6, 6.07) is 12.7. The predicted octanol–water partition coefficient (Wildman–Crippen LogP) is 3.94. The molecule has 0 aliphatic carbocycles. The highest BCUT2D eigenvalue weighted by atomic mass is 19.4. The third-order valence-electron chi connectivity index (χ3n) is 3.21. The van der Waals surface area contributed by atoms with Gasteiger partial charge in [0.2, 0.25) is 0 Å². The highest BCUT2D eigenvalue weighted by Gasteiger charge is 2.31. The monoisotopic (exact) mass is 349 g/mol. The summed E-state index contributed by atoms with van der Waals surface area (Å²) in [4.78, 5) is 24.2. The Morgan fingerprint density at radius 3 is 2.56 bits per heavy atom. The maximum absolute atomic E-state index is 12.2. The number of ether oxygens (including phenoxy) is 1. The average molecular weight is 349 g/mol. The van der Waals surface area contributed by atoms with Gasteiger partial charge in [-0.2, -0.15) is 0 Å². The molecule has 5 nitrogen and oxygen atoms in total. The first-order valence-corrected chi connectivity index (χ1v) is 7.02. The number of amides is 1. The van der Waals surface area contributed by atoms with Crippen LogP contribution in [0.2, 0.25) is 0 Å². The molecule has 2 aromatic carbocycles. The fraction of sp³-hybridized carbons (Fsp3) is 0.0588. The van der Waals surface area contributed by atoms with Crippen molar-refractivity contribution in [3.05, 3.63) is 70.6 Å². The van der Waals surface area contributed by atoms with Crippen LogP contribution in [0, 0.1) is 0 Å². The van der Waals surface area contributed by atoms with Crippen LogP contribution in [0.1, 0.15) is 10.4 Å². The summed E-state index contributed by atoms with van der Waals surface area (Å²) in [5.41, 5.74) is -0.747. The molecule has 0 unspecified atom stereocenters. The van der Waals surface area contributed by atoms with E-state index in [0.717, 1.165) is 12.1 Å². The van der Waals surface area contributed by atoms with Crippen molar-refractivity contribution >= 4 is 22.6 Å². The third kappa shape index (κ3) is 3.97. The molecule has 0 bridgehead atoms. The van der Waals surface area contributed by atoms with Crippen molar-refractivity contribution in [3.63, 3.8) is 0 Å². The van der Waals surface area contributed by atoms with E-state index in [4.69, 9.17) is 4.42 Å². The lowest BCUT2D eigenvalue weighted by atomic mass is 10.1. The van der Waals surface area contributed by atoms with E-state index in [1.807, 2.05) is 0 Å². The van der Waals surface area contributed by atoms with E-state index in [-0.39, 0.29) is 11.3 Å². The minimum absolute atomic E-state index is 0.0410.